The number of benzene rings is 3. The van der Waals surface area contributed by atoms with E-state index in [9.17, 15) is 24.3 Å². The zero-order chi connectivity index (χ0) is 29.3. The summed E-state index contributed by atoms with van der Waals surface area (Å²) >= 11 is 3.52. The van der Waals surface area contributed by atoms with Gasteiger partial charge in [0.1, 0.15) is 5.75 Å². The highest BCUT2D eigenvalue weighted by molar-refractivity contribution is 9.10. The van der Waals surface area contributed by atoms with Crippen molar-refractivity contribution >= 4 is 45.2 Å². The summed E-state index contributed by atoms with van der Waals surface area (Å²) in [5.41, 5.74) is 1.54. The van der Waals surface area contributed by atoms with Gasteiger partial charge in [-0.25, -0.2) is 4.90 Å². The van der Waals surface area contributed by atoms with Crippen molar-refractivity contribution in [2.24, 2.45) is 29.1 Å². The van der Waals surface area contributed by atoms with Crippen LogP contribution in [-0.2, 0) is 25.7 Å². The summed E-state index contributed by atoms with van der Waals surface area (Å²) in [6.07, 6.45) is 2.64. The molecule has 7 nitrogen and oxygen atoms in total. The lowest BCUT2D eigenvalue weighted by molar-refractivity contribution is -0.141. The fraction of sp³-hybridized carbons (Fsp3) is 0.294. The predicted molar refractivity (Wildman–Crippen MR) is 159 cm³/mol. The Morgan fingerprint density at radius 1 is 0.881 bits per heavy atom. The highest BCUT2D eigenvalue weighted by Crippen LogP contribution is 2.64. The van der Waals surface area contributed by atoms with Gasteiger partial charge >= 0.3 is 0 Å². The van der Waals surface area contributed by atoms with E-state index in [1.807, 2.05) is 49.4 Å². The number of hydrogen-bond acceptors (Lipinski definition) is 5. The quantitative estimate of drug-likeness (QED) is 0.302. The Morgan fingerprint density at radius 3 is 2.29 bits per heavy atom. The molecule has 7 rings (SSSR count). The lowest BCUT2D eigenvalue weighted by Gasteiger charge is -2.49. The molecule has 3 aromatic rings. The maximum absolute atomic E-state index is 14.4. The van der Waals surface area contributed by atoms with E-state index in [1.165, 1.54) is 9.80 Å². The molecular formula is C34H29BrN2O5. The van der Waals surface area contributed by atoms with Crippen LogP contribution in [0.25, 0.3) is 0 Å². The minimum absolute atomic E-state index is 0.0183. The molecule has 4 aliphatic rings. The van der Waals surface area contributed by atoms with Crippen molar-refractivity contribution in [3.63, 3.8) is 0 Å². The maximum Gasteiger partial charge on any atom is 0.241 e. The van der Waals surface area contributed by atoms with Gasteiger partial charge in [0.05, 0.1) is 35.4 Å². The van der Waals surface area contributed by atoms with Gasteiger partial charge in [-0.05, 0) is 61.6 Å². The molecule has 1 N–H and O–H groups in total. The van der Waals surface area contributed by atoms with Gasteiger partial charge in [0.15, 0.2) is 0 Å². The zero-order valence-electron chi connectivity index (χ0n) is 22.9. The molecule has 0 spiro atoms. The van der Waals surface area contributed by atoms with Gasteiger partial charge < -0.3 is 5.11 Å². The van der Waals surface area contributed by atoms with E-state index in [2.05, 4.69) is 15.9 Å². The van der Waals surface area contributed by atoms with Gasteiger partial charge in [-0.1, -0.05) is 76.1 Å². The van der Waals surface area contributed by atoms with E-state index in [0.29, 0.717) is 17.7 Å². The van der Waals surface area contributed by atoms with E-state index in [0.717, 1.165) is 15.6 Å². The van der Waals surface area contributed by atoms with Crippen LogP contribution in [0.5, 0.6) is 5.75 Å². The predicted octanol–water partition coefficient (Wildman–Crippen LogP) is 5.59. The maximum atomic E-state index is 14.4. The number of anilines is 1. The molecule has 0 aromatic heterocycles. The fourth-order valence-corrected chi connectivity index (χ4v) is 8.30. The number of para-hydroxylation sites is 1. The standard InChI is InChI=1S/C34H29BrN2O5/c1-34-26(31(40)37(33(34)42)21-10-6-3-7-11-21)17-24-22(29(34)25-16-20(35)12-15-27(25)38)13-14-23-28(24)32(41)36(30(23)39)18-19-8-4-2-5-9-19/h2-13,15-16,23-24,26,28-29,38H,14,17-18H2,1H3/t23-,24+,26-,28-,29+,34+/m0/s1. The normalized spacial score (nSPS) is 30.2. The first kappa shape index (κ1) is 26.8. The molecular weight excluding hydrogens is 596 g/mol. The number of phenols is 1. The molecule has 2 aliphatic heterocycles. The number of allylic oxidation sites excluding steroid dienone is 2. The highest BCUT2D eigenvalue weighted by Gasteiger charge is 2.67. The Bertz CT molecular complexity index is 1670. The minimum atomic E-state index is -1.20. The molecule has 6 atom stereocenters. The van der Waals surface area contributed by atoms with Crippen molar-refractivity contribution in [1.29, 1.82) is 0 Å². The van der Waals surface area contributed by atoms with Crippen LogP contribution in [0.2, 0.25) is 0 Å². The summed E-state index contributed by atoms with van der Waals surface area (Å²) in [7, 11) is 0. The first-order valence-corrected chi connectivity index (χ1v) is 15.0. The monoisotopic (exact) mass is 624 g/mol. The van der Waals surface area contributed by atoms with Gasteiger partial charge in [-0.3, -0.25) is 24.1 Å². The Kier molecular flexibility index (Phi) is 6.24. The lowest BCUT2D eigenvalue weighted by atomic mass is 9.51. The van der Waals surface area contributed by atoms with Crippen molar-refractivity contribution in [1.82, 2.24) is 4.90 Å². The molecule has 3 aromatic carbocycles. The molecule has 3 fully saturated rings. The molecule has 2 aliphatic carbocycles. The third-order valence-electron chi connectivity index (χ3n) is 9.86. The van der Waals surface area contributed by atoms with Gasteiger partial charge in [0, 0.05) is 16.0 Å². The van der Waals surface area contributed by atoms with Gasteiger partial charge in [0.25, 0.3) is 0 Å². The Balaban J connectivity index is 1.35. The molecule has 0 bridgehead atoms. The summed E-state index contributed by atoms with van der Waals surface area (Å²) in [4.78, 5) is 58.8. The van der Waals surface area contributed by atoms with E-state index < -0.39 is 35.0 Å². The Labute approximate surface area is 251 Å². The number of rotatable bonds is 4. The SMILES string of the molecule is C[C@@]12C(=O)N(c3ccccc3)C(=O)[C@@H]1C[C@@H]1C(=CC[C@@H]3C(=O)N(Cc4ccccc4)C(=O)[C@@H]31)[C@@H]2c1cc(Br)ccc1O. The summed E-state index contributed by atoms with van der Waals surface area (Å²) in [5.74, 6) is -4.01. The van der Waals surface area contributed by atoms with Crippen LogP contribution >= 0.6 is 15.9 Å². The van der Waals surface area contributed by atoms with Crippen LogP contribution in [0, 0.1) is 29.1 Å². The second kappa shape index (κ2) is 9.76. The number of nitrogens with zero attached hydrogens (tertiary/aromatic N) is 2. The topological polar surface area (TPSA) is 95.0 Å². The second-order valence-electron chi connectivity index (χ2n) is 11.9. The van der Waals surface area contributed by atoms with Gasteiger partial charge in [-0.15, -0.1) is 0 Å². The number of aromatic hydroxyl groups is 1. The van der Waals surface area contributed by atoms with Crippen molar-refractivity contribution in [3.8, 4) is 5.75 Å². The molecule has 4 amide bonds. The number of imide groups is 2. The molecule has 0 unspecified atom stereocenters. The molecule has 42 heavy (non-hydrogen) atoms. The van der Waals surface area contributed by atoms with E-state index >= 15 is 0 Å². The van der Waals surface area contributed by atoms with Crippen molar-refractivity contribution in [2.45, 2.75) is 32.2 Å². The summed E-state index contributed by atoms with van der Waals surface area (Å²) < 4.78 is 0.727. The van der Waals surface area contributed by atoms with Crippen LogP contribution in [0.3, 0.4) is 0 Å². The first-order valence-electron chi connectivity index (χ1n) is 14.2. The van der Waals surface area contributed by atoms with Crippen LogP contribution in [0.1, 0.15) is 36.8 Å². The number of halogens is 1. The lowest BCUT2D eigenvalue weighted by Crippen LogP contribution is -2.48. The van der Waals surface area contributed by atoms with Crippen LogP contribution in [0.15, 0.2) is 95.0 Å². The average molecular weight is 626 g/mol. The van der Waals surface area contributed by atoms with Crippen molar-refractivity contribution in [2.75, 3.05) is 4.90 Å². The summed E-state index contributed by atoms with van der Waals surface area (Å²) in [6, 6.07) is 23.4. The van der Waals surface area contributed by atoms with Crippen molar-refractivity contribution < 1.29 is 24.3 Å². The number of fused-ring (bicyclic) bond motifs is 4. The van der Waals surface area contributed by atoms with Crippen LogP contribution in [-0.4, -0.2) is 33.6 Å². The van der Waals surface area contributed by atoms with Crippen LogP contribution < -0.4 is 4.90 Å². The average Bonchev–Trinajstić information content (AvgIpc) is 3.35. The number of carbonyl (C=O) groups is 4. The Hall–Kier alpha value is -4.04. The molecule has 8 heteroatoms. The molecule has 212 valence electrons. The third-order valence-corrected chi connectivity index (χ3v) is 10.4. The number of carbonyl (C=O) groups excluding carboxylic acids is 4. The first-order chi connectivity index (χ1) is 20.2. The van der Waals surface area contributed by atoms with E-state index in [4.69, 9.17) is 0 Å². The number of hydrogen-bond donors (Lipinski definition) is 1. The minimum Gasteiger partial charge on any atom is -0.508 e. The largest absolute Gasteiger partial charge is 0.508 e. The number of phenolic OH excluding ortho intramolecular Hbond substituents is 1. The fourth-order valence-electron chi connectivity index (χ4n) is 7.93. The summed E-state index contributed by atoms with van der Waals surface area (Å²) in [6.45, 7) is 2.02. The number of likely N-dealkylation sites (tertiary alicyclic amines) is 1. The second-order valence-corrected chi connectivity index (χ2v) is 12.9. The summed E-state index contributed by atoms with van der Waals surface area (Å²) in [5, 5.41) is 11.1. The van der Waals surface area contributed by atoms with Gasteiger partial charge in [-0.2, -0.15) is 0 Å². The van der Waals surface area contributed by atoms with Gasteiger partial charge in [0.2, 0.25) is 23.6 Å². The van der Waals surface area contributed by atoms with E-state index in [-0.39, 0.29) is 42.3 Å². The van der Waals surface area contributed by atoms with Crippen molar-refractivity contribution in [3.05, 3.63) is 106 Å². The third kappa shape index (κ3) is 3.77. The zero-order valence-corrected chi connectivity index (χ0v) is 24.5. The van der Waals surface area contributed by atoms with E-state index in [1.54, 1.807) is 42.5 Å². The number of amides is 4. The molecule has 0 radical (unpaired) electrons. The molecule has 1 saturated carbocycles. The van der Waals surface area contributed by atoms with Crippen LogP contribution in [0.4, 0.5) is 5.69 Å². The molecule has 2 heterocycles. The molecule has 2 saturated heterocycles. The smallest absolute Gasteiger partial charge is 0.241 e. The Morgan fingerprint density at radius 2 is 1.57 bits per heavy atom. The highest BCUT2D eigenvalue weighted by atomic mass is 79.9.